The minimum atomic E-state index is -0.962. The average molecular weight is 427 g/mol. The molecule has 2 aromatic carbocycles. The van der Waals surface area contributed by atoms with Gasteiger partial charge in [0.15, 0.2) is 17.6 Å². The monoisotopic (exact) mass is 426 g/mol. The number of piperidine rings is 1. The molecule has 1 saturated heterocycles. The third kappa shape index (κ3) is 2.13. The SMILES string of the molecule is CN1CC[C@]23c4c5ccc(O)c4O[C@H]2c2ncc(Cc4ccccc4)cc2C[C@@]3(O)[C@H]1C5. The average Bonchev–Trinajstić information content (AvgIpc) is 3.14. The van der Waals surface area contributed by atoms with Crippen molar-refractivity contribution in [3.05, 3.63) is 88.2 Å². The van der Waals surface area contributed by atoms with Crippen molar-refractivity contribution in [3.8, 4) is 11.5 Å². The molecule has 32 heavy (non-hydrogen) atoms. The van der Waals surface area contributed by atoms with Crippen LogP contribution in [0.1, 0.15) is 46.0 Å². The molecule has 0 saturated carbocycles. The predicted octanol–water partition coefficient (Wildman–Crippen LogP) is 3.30. The summed E-state index contributed by atoms with van der Waals surface area (Å²) in [5, 5.41) is 23.1. The minimum Gasteiger partial charge on any atom is -0.504 e. The first-order valence-electron chi connectivity index (χ1n) is 11.5. The zero-order valence-corrected chi connectivity index (χ0v) is 18.1. The van der Waals surface area contributed by atoms with Crippen molar-refractivity contribution in [2.24, 2.45) is 0 Å². The molecule has 2 aliphatic carbocycles. The minimum absolute atomic E-state index is 0.0104. The summed E-state index contributed by atoms with van der Waals surface area (Å²) < 4.78 is 6.50. The van der Waals surface area contributed by atoms with Crippen LogP contribution in [0.2, 0.25) is 0 Å². The van der Waals surface area contributed by atoms with Crippen LogP contribution in [0.5, 0.6) is 11.5 Å². The van der Waals surface area contributed by atoms with Crippen molar-refractivity contribution in [1.82, 2.24) is 9.88 Å². The van der Waals surface area contributed by atoms with Crippen molar-refractivity contribution < 1.29 is 14.9 Å². The lowest BCUT2D eigenvalue weighted by atomic mass is 9.49. The van der Waals surface area contributed by atoms with E-state index < -0.39 is 11.0 Å². The molecule has 3 heterocycles. The molecule has 1 spiro atoms. The number of aromatic nitrogens is 1. The van der Waals surface area contributed by atoms with Gasteiger partial charge in [-0.2, -0.15) is 0 Å². The second kappa shape index (κ2) is 6.12. The van der Waals surface area contributed by atoms with Gasteiger partial charge in [0.05, 0.1) is 16.7 Å². The van der Waals surface area contributed by atoms with Crippen molar-refractivity contribution in [2.45, 2.75) is 48.8 Å². The topological polar surface area (TPSA) is 65.8 Å². The van der Waals surface area contributed by atoms with Gasteiger partial charge in [0.2, 0.25) is 0 Å². The van der Waals surface area contributed by atoms with Crippen LogP contribution < -0.4 is 4.74 Å². The first kappa shape index (κ1) is 18.7. The number of phenolic OH excluding ortho intramolecular Hbond substituents is 1. The molecule has 4 aliphatic rings. The molecule has 3 aromatic rings. The van der Waals surface area contributed by atoms with Crippen LogP contribution >= 0.6 is 0 Å². The van der Waals surface area contributed by atoms with E-state index in [0.29, 0.717) is 12.2 Å². The van der Waals surface area contributed by atoms with Gasteiger partial charge in [0.25, 0.3) is 0 Å². The summed E-state index contributed by atoms with van der Waals surface area (Å²) >= 11 is 0. The van der Waals surface area contributed by atoms with Crippen LogP contribution in [0.4, 0.5) is 0 Å². The van der Waals surface area contributed by atoms with Gasteiger partial charge >= 0.3 is 0 Å². The van der Waals surface area contributed by atoms with E-state index in [-0.39, 0.29) is 17.9 Å². The quantitative estimate of drug-likeness (QED) is 0.658. The number of likely N-dealkylation sites (N-methyl/N-ethyl adjacent to an activating group) is 1. The normalized spacial score (nSPS) is 31.6. The Bertz CT molecular complexity index is 1260. The summed E-state index contributed by atoms with van der Waals surface area (Å²) in [6.07, 6.45) is 4.50. The number of benzene rings is 2. The number of phenols is 1. The Morgan fingerprint density at radius 1 is 1.12 bits per heavy atom. The highest BCUT2D eigenvalue weighted by molar-refractivity contribution is 5.64. The Hall–Kier alpha value is -2.89. The van der Waals surface area contributed by atoms with E-state index >= 15 is 0 Å². The molecule has 7 rings (SSSR count). The van der Waals surface area contributed by atoms with Crippen molar-refractivity contribution in [1.29, 1.82) is 0 Å². The number of pyridine rings is 1. The Kier molecular flexibility index (Phi) is 3.57. The van der Waals surface area contributed by atoms with Crippen LogP contribution in [0, 0.1) is 0 Å². The molecule has 2 aliphatic heterocycles. The number of hydrogen-bond acceptors (Lipinski definition) is 5. The van der Waals surface area contributed by atoms with Gasteiger partial charge in [0.1, 0.15) is 0 Å². The number of likely N-dealkylation sites (tertiary alicyclic amines) is 1. The molecule has 5 heteroatoms. The Morgan fingerprint density at radius 2 is 1.97 bits per heavy atom. The third-order valence-electron chi connectivity index (χ3n) is 8.50. The number of ether oxygens (including phenoxy) is 1. The number of rotatable bonds is 2. The molecular formula is C27H26N2O3. The zero-order chi connectivity index (χ0) is 21.7. The maximum absolute atomic E-state index is 12.5. The highest BCUT2D eigenvalue weighted by Crippen LogP contribution is 2.68. The van der Waals surface area contributed by atoms with Crippen LogP contribution in [-0.2, 0) is 24.7 Å². The third-order valence-corrected chi connectivity index (χ3v) is 8.50. The summed E-state index contributed by atoms with van der Waals surface area (Å²) in [5.41, 5.74) is 5.05. The largest absolute Gasteiger partial charge is 0.504 e. The van der Waals surface area contributed by atoms with E-state index in [0.717, 1.165) is 48.2 Å². The van der Waals surface area contributed by atoms with Crippen molar-refractivity contribution in [3.63, 3.8) is 0 Å². The lowest BCUT2D eigenvalue weighted by Gasteiger charge is -2.62. The van der Waals surface area contributed by atoms with Crippen LogP contribution in [0.25, 0.3) is 0 Å². The molecule has 4 atom stereocenters. The summed E-state index contributed by atoms with van der Waals surface area (Å²) in [4.78, 5) is 7.23. The van der Waals surface area contributed by atoms with Gasteiger partial charge in [-0.1, -0.05) is 42.5 Å². The van der Waals surface area contributed by atoms with Gasteiger partial charge in [-0.15, -0.1) is 0 Å². The molecule has 5 nitrogen and oxygen atoms in total. The number of aliphatic hydroxyl groups is 1. The van der Waals surface area contributed by atoms with Gasteiger partial charge in [-0.25, -0.2) is 0 Å². The summed E-state index contributed by atoms with van der Waals surface area (Å²) in [6, 6.07) is 16.4. The summed E-state index contributed by atoms with van der Waals surface area (Å²) in [7, 11) is 2.12. The summed E-state index contributed by atoms with van der Waals surface area (Å²) in [5.74, 6) is 0.714. The van der Waals surface area contributed by atoms with Crippen molar-refractivity contribution >= 4 is 0 Å². The second-order valence-electron chi connectivity index (χ2n) is 10.0. The van der Waals surface area contributed by atoms with E-state index in [2.05, 4.69) is 42.3 Å². The van der Waals surface area contributed by atoms with E-state index in [1.807, 2.05) is 18.3 Å². The molecular weight excluding hydrogens is 400 g/mol. The van der Waals surface area contributed by atoms with Gasteiger partial charge < -0.3 is 19.8 Å². The zero-order valence-electron chi connectivity index (χ0n) is 18.1. The highest BCUT2D eigenvalue weighted by Gasteiger charge is 2.72. The highest BCUT2D eigenvalue weighted by atomic mass is 16.5. The molecule has 2 N–H and O–H groups in total. The second-order valence-corrected chi connectivity index (χ2v) is 10.0. The summed E-state index contributed by atoms with van der Waals surface area (Å²) in [6.45, 7) is 0.892. The fourth-order valence-corrected chi connectivity index (χ4v) is 7.09. The van der Waals surface area contributed by atoms with Crippen LogP contribution in [-0.4, -0.2) is 45.3 Å². The predicted molar refractivity (Wildman–Crippen MR) is 120 cm³/mol. The van der Waals surface area contributed by atoms with Gasteiger partial charge in [0, 0.05) is 24.2 Å². The van der Waals surface area contributed by atoms with Crippen LogP contribution in [0.15, 0.2) is 54.7 Å². The molecule has 0 amide bonds. The fraction of sp³-hybridized carbons (Fsp3) is 0.370. The number of nitrogens with zero attached hydrogens (tertiary/aromatic N) is 2. The Morgan fingerprint density at radius 3 is 2.81 bits per heavy atom. The smallest absolute Gasteiger partial charge is 0.166 e. The fourth-order valence-electron chi connectivity index (χ4n) is 7.09. The lowest BCUT2D eigenvalue weighted by molar-refractivity contribution is -0.168. The molecule has 1 fully saturated rings. The maximum Gasteiger partial charge on any atom is 0.166 e. The molecule has 1 aromatic heterocycles. The number of hydrogen-bond donors (Lipinski definition) is 2. The first-order chi connectivity index (χ1) is 15.5. The molecule has 2 bridgehead atoms. The van der Waals surface area contributed by atoms with Gasteiger partial charge in [-0.05, 0) is 61.2 Å². The van der Waals surface area contributed by atoms with E-state index in [1.165, 1.54) is 11.1 Å². The van der Waals surface area contributed by atoms with E-state index in [4.69, 9.17) is 9.72 Å². The number of fused-ring (bicyclic) bond motifs is 2. The molecule has 0 unspecified atom stereocenters. The lowest BCUT2D eigenvalue weighted by Crippen LogP contribution is -2.74. The van der Waals surface area contributed by atoms with Crippen molar-refractivity contribution in [2.75, 3.05) is 13.6 Å². The maximum atomic E-state index is 12.5. The van der Waals surface area contributed by atoms with Crippen LogP contribution in [0.3, 0.4) is 0 Å². The Balaban J connectivity index is 1.42. The molecule has 0 radical (unpaired) electrons. The standard InChI is InChI=1S/C27H26N2O3/c1-29-10-9-26-22-18-7-8-20(30)24(22)32-25(26)23-19(14-27(26,31)21(29)13-18)12-17(15-28-23)11-16-5-3-2-4-6-16/h2-8,12,15,21,25,30-31H,9-11,13-14H2,1H3/t21-,25+,26+,27-/m1/s1. The van der Waals surface area contributed by atoms with E-state index in [9.17, 15) is 10.2 Å². The Labute approximate surface area is 187 Å². The van der Waals surface area contributed by atoms with E-state index in [1.54, 1.807) is 6.07 Å². The first-order valence-corrected chi connectivity index (χ1v) is 11.5. The molecule has 162 valence electrons. The van der Waals surface area contributed by atoms with Gasteiger partial charge in [-0.3, -0.25) is 4.98 Å². The number of aromatic hydroxyl groups is 1.